The van der Waals surface area contributed by atoms with Gasteiger partial charge in [-0.15, -0.1) is 0 Å². The molecule has 0 unspecified atom stereocenters. The number of hydrogen-bond acceptors (Lipinski definition) is 4. The van der Waals surface area contributed by atoms with Crippen molar-refractivity contribution >= 4 is 12.2 Å². The normalized spacial score (nSPS) is 17.3. The average molecular weight is 205 g/mol. The largest absolute Gasteiger partial charge is 0.334 e. The van der Waals surface area contributed by atoms with Crippen LogP contribution in [-0.2, 0) is 4.79 Å². The van der Waals surface area contributed by atoms with Crippen molar-refractivity contribution in [2.45, 2.75) is 0 Å². The van der Waals surface area contributed by atoms with Crippen LogP contribution in [0.4, 0.5) is 5.82 Å². The maximum Gasteiger partial charge on any atom is 0.334 e. The zero-order valence-corrected chi connectivity index (χ0v) is 8.39. The lowest BCUT2D eigenvalue weighted by atomic mass is 10.4. The Kier molecular flexibility index (Phi) is 3.26. The molecule has 1 radical (unpaired) electrons. The van der Waals surface area contributed by atoms with Crippen molar-refractivity contribution in [3.63, 3.8) is 0 Å². The minimum Gasteiger partial charge on any atom is -0.314 e. The summed E-state index contributed by atoms with van der Waals surface area (Å²) >= 11 is 0. The molecule has 5 heteroatoms. The number of anilines is 1. The molecule has 0 spiro atoms. The van der Waals surface area contributed by atoms with Gasteiger partial charge in [-0.1, -0.05) is 6.07 Å². The van der Waals surface area contributed by atoms with Crippen molar-refractivity contribution < 1.29 is 4.79 Å². The van der Waals surface area contributed by atoms with Gasteiger partial charge in [0.25, 0.3) is 0 Å². The molecule has 79 valence electrons. The van der Waals surface area contributed by atoms with Crippen LogP contribution in [0.15, 0.2) is 24.4 Å². The van der Waals surface area contributed by atoms with Gasteiger partial charge in [-0.3, -0.25) is 4.79 Å². The van der Waals surface area contributed by atoms with Crippen LogP contribution in [0.1, 0.15) is 0 Å². The summed E-state index contributed by atoms with van der Waals surface area (Å²) < 4.78 is 0. The lowest BCUT2D eigenvalue weighted by Gasteiger charge is -2.33. The van der Waals surface area contributed by atoms with E-state index in [4.69, 9.17) is 0 Å². The summed E-state index contributed by atoms with van der Waals surface area (Å²) in [5, 5.41) is 6.61. The molecule has 1 aromatic heterocycles. The summed E-state index contributed by atoms with van der Waals surface area (Å²) in [4.78, 5) is 15.0. The fraction of sp³-hybridized carbons (Fsp3) is 0.400. The molecule has 0 aromatic carbocycles. The SMILES string of the molecule is O=[C]N(c1ccccn1)N1CCNCC1. The smallest absolute Gasteiger partial charge is 0.314 e. The van der Waals surface area contributed by atoms with Gasteiger partial charge in [0.15, 0.2) is 5.82 Å². The fourth-order valence-corrected chi connectivity index (χ4v) is 1.58. The Morgan fingerprint density at radius 3 is 2.80 bits per heavy atom. The zero-order valence-electron chi connectivity index (χ0n) is 8.39. The minimum absolute atomic E-state index is 0.620. The van der Waals surface area contributed by atoms with Crippen LogP contribution in [0.25, 0.3) is 0 Å². The third-order valence-electron chi connectivity index (χ3n) is 2.33. The van der Waals surface area contributed by atoms with Crippen molar-refractivity contribution in [1.29, 1.82) is 0 Å². The highest BCUT2D eigenvalue weighted by Gasteiger charge is 2.19. The number of piperazine rings is 1. The third-order valence-corrected chi connectivity index (χ3v) is 2.33. The van der Waals surface area contributed by atoms with Crippen LogP contribution in [0.5, 0.6) is 0 Å². The van der Waals surface area contributed by atoms with Gasteiger partial charge in [-0.2, -0.15) is 0 Å². The van der Waals surface area contributed by atoms with Gasteiger partial charge in [0.1, 0.15) is 0 Å². The molecule has 1 fully saturated rings. The standard InChI is InChI=1S/C10H13N4O/c15-9-14(10-3-1-2-4-12-10)13-7-5-11-6-8-13/h1-4,11H,5-8H2. The Morgan fingerprint density at radius 2 is 2.20 bits per heavy atom. The highest BCUT2D eigenvalue weighted by Crippen LogP contribution is 2.10. The van der Waals surface area contributed by atoms with E-state index >= 15 is 0 Å². The monoisotopic (exact) mass is 205 g/mol. The van der Waals surface area contributed by atoms with Gasteiger partial charge in [0.05, 0.1) is 0 Å². The second-order valence-corrected chi connectivity index (χ2v) is 3.29. The third kappa shape index (κ3) is 2.31. The van der Waals surface area contributed by atoms with Crippen molar-refractivity contribution in [2.24, 2.45) is 0 Å². The number of hydrogen-bond donors (Lipinski definition) is 1. The first-order valence-corrected chi connectivity index (χ1v) is 4.96. The molecular formula is C10H13N4O. The van der Waals surface area contributed by atoms with Gasteiger partial charge in [-0.05, 0) is 12.1 Å². The molecule has 0 atom stereocenters. The predicted molar refractivity (Wildman–Crippen MR) is 56.9 cm³/mol. The summed E-state index contributed by atoms with van der Waals surface area (Å²) in [5.74, 6) is 0.620. The Hall–Kier alpha value is -1.46. The maximum atomic E-state index is 10.9. The number of hydrazine groups is 1. The minimum atomic E-state index is 0.620. The summed E-state index contributed by atoms with van der Waals surface area (Å²) in [5.41, 5.74) is 0. The Labute approximate surface area is 88.7 Å². The number of nitrogens with one attached hydrogen (secondary N) is 1. The second kappa shape index (κ2) is 4.86. The first kappa shape index (κ1) is 10.1. The van der Waals surface area contributed by atoms with Crippen LogP contribution in [0.3, 0.4) is 0 Å². The van der Waals surface area contributed by atoms with E-state index in [9.17, 15) is 4.79 Å². The molecule has 15 heavy (non-hydrogen) atoms. The summed E-state index contributed by atoms with van der Waals surface area (Å²) in [7, 11) is 0. The molecule has 0 saturated carbocycles. The van der Waals surface area contributed by atoms with Crippen LogP contribution < -0.4 is 10.3 Å². The molecule has 0 bridgehead atoms. The van der Waals surface area contributed by atoms with E-state index in [0.29, 0.717) is 5.82 Å². The molecule has 1 aliphatic heterocycles. The molecule has 1 saturated heterocycles. The van der Waals surface area contributed by atoms with Crippen molar-refractivity contribution in [3.8, 4) is 0 Å². The van der Waals surface area contributed by atoms with E-state index in [0.717, 1.165) is 26.2 Å². The lowest BCUT2D eigenvalue weighted by Crippen LogP contribution is -2.52. The van der Waals surface area contributed by atoms with Gasteiger partial charge >= 0.3 is 6.41 Å². The Bertz CT molecular complexity index is 310. The van der Waals surface area contributed by atoms with Crippen molar-refractivity contribution in [1.82, 2.24) is 15.3 Å². The van der Waals surface area contributed by atoms with E-state index in [2.05, 4.69) is 10.3 Å². The Morgan fingerprint density at radius 1 is 1.40 bits per heavy atom. The number of amides is 1. The summed E-state index contributed by atoms with van der Waals surface area (Å²) in [6, 6.07) is 5.48. The number of aromatic nitrogens is 1. The van der Waals surface area contributed by atoms with E-state index in [1.807, 2.05) is 23.6 Å². The van der Waals surface area contributed by atoms with Crippen LogP contribution in [0, 0.1) is 0 Å². The first-order valence-electron chi connectivity index (χ1n) is 4.96. The van der Waals surface area contributed by atoms with Crippen LogP contribution in [-0.4, -0.2) is 42.6 Å². The molecule has 2 heterocycles. The number of rotatable bonds is 3. The highest BCUT2D eigenvalue weighted by molar-refractivity contribution is 5.71. The molecular weight excluding hydrogens is 192 g/mol. The van der Waals surface area contributed by atoms with Crippen molar-refractivity contribution in [3.05, 3.63) is 24.4 Å². The molecule has 1 aromatic rings. The van der Waals surface area contributed by atoms with Crippen molar-refractivity contribution in [2.75, 3.05) is 31.2 Å². The van der Waals surface area contributed by atoms with E-state index < -0.39 is 0 Å². The van der Waals surface area contributed by atoms with E-state index in [1.54, 1.807) is 12.3 Å². The zero-order chi connectivity index (χ0) is 10.5. The van der Waals surface area contributed by atoms with Crippen LogP contribution in [0.2, 0.25) is 0 Å². The summed E-state index contributed by atoms with van der Waals surface area (Å²) in [6.07, 6.45) is 3.58. The molecule has 1 amide bonds. The fourth-order valence-electron chi connectivity index (χ4n) is 1.58. The van der Waals surface area contributed by atoms with Gasteiger partial charge in [0.2, 0.25) is 0 Å². The summed E-state index contributed by atoms with van der Waals surface area (Å²) in [6.45, 7) is 3.35. The lowest BCUT2D eigenvalue weighted by molar-refractivity contribution is 0.245. The second-order valence-electron chi connectivity index (χ2n) is 3.29. The van der Waals surface area contributed by atoms with Gasteiger partial charge < -0.3 is 5.32 Å². The van der Waals surface area contributed by atoms with E-state index in [1.165, 1.54) is 5.01 Å². The maximum absolute atomic E-state index is 10.9. The highest BCUT2D eigenvalue weighted by atomic mass is 16.1. The Balaban J connectivity index is 2.12. The number of nitrogens with zero attached hydrogens (tertiary/aromatic N) is 3. The molecule has 1 aliphatic rings. The van der Waals surface area contributed by atoms with Crippen LogP contribution >= 0.6 is 0 Å². The molecule has 0 aliphatic carbocycles. The van der Waals surface area contributed by atoms with E-state index in [-0.39, 0.29) is 0 Å². The number of carbonyl (C=O) groups excluding carboxylic acids is 1. The van der Waals surface area contributed by atoms with Gasteiger partial charge in [-0.25, -0.2) is 15.0 Å². The predicted octanol–water partition coefficient (Wildman–Crippen LogP) is -0.225. The number of pyridine rings is 1. The molecule has 2 rings (SSSR count). The average Bonchev–Trinajstić information content (AvgIpc) is 2.33. The van der Waals surface area contributed by atoms with Gasteiger partial charge in [0, 0.05) is 32.4 Å². The molecule has 1 N–H and O–H groups in total. The quantitative estimate of drug-likeness (QED) is 0.693. The molecule has 5 nitrogen and oxygen atoms in total. The first-order chi connectivity index (χ1) is 7.42. The topological polar surface area (TPSA) is 48.5 Å².